The molecule has 0 fully saturated rings. The molecule has 2 aromatic carbocycles. The molecule has 0 radical (unpaired) electrons. The summed E-state index contributed by atoms with van der Waals surface area (Å²) < 4.78 is 49.7. The summed E-state index contributed by atoms with van der Waals surface area (Å²) in [4.78, 5) is 15.3. The molecule has 11 heteroatoms. The van der Waals surface area contributed by atoms with Crippen LogP contribution in [0.1, 0.15) is 17.4 Å². The molecule has 9 nitrogen and oxygen atoms in total. The Morgan fingerprint density at radius 3 is 2.29 bits per heavy atom. The summed E-state index contributed by atoms with van der Waals surface area (Å²) in [5.41, 5.74) is 0.365. The van der Waals surface area contributed by atoms with Gasteiger partial charge in [0.25, 0.3) is 10.0 Å². The zero-order valence-electron chi connectivity index (χ0n) is 17.2. The molecule has 0 atom stereocenters. The van der Waals surface area contributed by atoms with E-state index in [0.29, 0.717) is 22.4 Å². The van der Waals surface area contributed by atoms with Gasteiger partial charge in [0.15, 0.2) is 17.2 Å². The molecule has 2 N–H and O–H groups in total. The number of benzene rings is 2. The summed E-state index contributed by atoms with van der Waals surface area (Å²) in [6, 6.07) is 7.35. The SMILES string of the molecule is CCOC(=O)c1[nH]c2cc(OC)c(OC)cc2c1NS(=O)(=O)c1cc(Cl)ccc1OC. The summed E-state index contributed by atoms with van der Waals surface area (Å²) in [7, 11) is 0.0508. The Kier molecular flexibility index (Phi) is 6.51. The van der Waals surface area contributed by atoms with Crippen LogP contribution in [0.2, 0.25) is 5.02 Å². The van der Waals surface area contributed by atoms with Crippen molar-refractivity contribution in [3.63, 3.8) is 0 Å². The van der Waals surface area contributed by atoms with Crippen LogP contribution < -0.4 is 18.9 Å². The Morgan fingerprint density at radius 2 is 1.68 bits per heavy atom. The number of rotatable bonds is 8. The highest BCUT2D eigenvalue weighted by atomic mass is 35.5. The van der Waals surface area contributed by atoms with Crippen LogP contribution in [0.3, 0.4) is 0 Å². The summed E-state index contributed by atoms with van der Waals surface area (Å²) >= 11 is 5.99. The van der Waals surface area contributed by atoms with Crippen LogP contribution in [-0.4, -0.2) is 47.3 Å². The summed E-state index contributed by atoms with van der Waals surface area (Å²) in [5.74, 6) is 0.115. The lowest BCUT2D eigenvalue weighted by Gasteiger charge is -2.13. The van der Waals surface area contributed by atoms with Crippen LogP contribution in [0, 0.1) is 0 Å². The number of esters is 1. The van der Waals surface area contributed by atoms with E-state index in [-0.39, 0.29) is 33.7 Å². The molecule has 0 saturated carbocycles. The average molecular weight is 469 g/mol. The predicted octanol–water partition coefficient (Wildman–Crippen LogP) is 3.82. The first-order chi connectivity index (χ1) is 14.7. The van der Waals surface area contributed by atoms with Gasteiger partial charge in [0.1, 0.15) is 10.6 Å². The molecule has 0 amide bonds. The fourth-order valence-corrected chi connectivity index (χ4v) is 4.56. The van der Waals surface area contributed by atoms with Crippen LogP contribution in [0.4, 0.5) is 5.69 Å². The van der Waals surface area contributed by atoms with Gasteiger partial charge in [-0.15, -0.1) is 0 Å². The second kappa shape index (κ2) is 8.94. The number of fused-ring (bicyclic) bond motifs is 1. The number of methoxy groups -OCH3 is 3. The van der Waals surface area contributed by atoms with Crippen molar-refractivity contribution in [2.24, 2.45) is 0 Å². The molecular formula is C20H21ClN2O7S. The Labute approximate surface area is 184 Å². The number of nitrogens with one attached hydrogen (secondary N) is 2. The van der Waals surface area contributed by atoms with Gasteiger partial charge in [-0.25, -0.2) is 13.2 Å². The maximum Gasteiger partial charge on any atom is 0.356 e. The highest BCUT2D eigenvalue weighted by Gasteiger charge is 2.27. The van der Waals surface area contributed by atoms with E-state index in [1.807, 2.05) is 0 Å². The molecule has 1 heterocycles. The van der Waals surface area contributed by atoms with Gasteiger partial charge in [0, 0.05) is 16.5 Å². The fourth-order valence-electron chi connectivity index (χ4n) is 3.03. The first kappa shape index (κ1) is 22.6. The van der Waals surface area contributed by atoms with E-state index < -0.39 is 16.0 Å². The monoisotopic (exact) mass is 468 g/mol. The fraction of sp³-hybridized carbons (Fsp3) is 0.250. The van der Waals surface area contributed by atoms with E-state index >= 15 is 0 Å². The second-order valence-corrected chi connectivity index (χ2v) is 8.34. The smallest absolute Gasteiger partial charge is 0.356 e. The minimum atomic E-state index is -4.21. The number of hydrogen-bond acceptors (Lipinski definition) is 7. The Bertz CT molecular complexity index is 1240. The Hall–Kier alpha value is -3.11. The Balaban J connectivity index is 2.23. The zero-order chi connectivity index (χ0) is 22.8. The van der Waals surface area contributed by atoms with Crippen molar-refractivity contribution >= 4 is 44.2 Å². The van der Waals surface area contributed by atoms with Crippen molar-refractivity contribution in [2.75, 3.05) is 32.7 Å². The van der Waals surface area contributed by atoms with Gasteiger partial charge in [0.2, 0.25) is 0 Å². The molecule has 3 aromatic rings. The number of ether oxygens (including phenoxy) is 4. The predicted molar refractivity (Wildman–Crippen MR) is 116 cm³/mol. The molecule has 0 aliphatic rings. The number of aromatic amines is 1. The maximum absolute atomic E-state index is 13.2. The molecule has 0 spiro atoms. The van der Waals surface area contributed by atoms with E-state index in [0.717, 1.165) is 0 Å². The first-order valence-corrected chi connectivity index (χ1v) is 10.9. The third-order valence-corrected chi connectivity index (χ3v) is 6.04. The molecule has 0 aliphatic carbocycles. The molecule has 166 valence electrons. The van der Waals surface area contributed by atoms with Crippen molar-refractivity contribution in [2.45, 2.75) is 11.8 Å². The number of H-pyrrole nitrogens is 1. The van der Waals surface area contributed by atoms with Crippen molar-refractivity contribution in [1.82, 2.24) is 4.98 Å². The summed E-state index contributed by atoms with van der Waals surface area (Å²) in [5, 5.41) is 0.586. The van der Waals surface area contributed by atoms with E-state index in [9.17, 15) is 13.2 Å². The van der Waals surface area contributed by atoms with Crippen LogP contribution in [0.5, 0.6) is 17.2 Å². The van der Waals surface area contributed by atoms with Gasteiger partial charge in [-0.05, 0) is 31.2 Å². The molecule has 31 heavy (non-hydrogen) atoms. The third-order valence-electron chi connectivity index (χ3n) is 4.43. The molecule has 0 bridgehead atoms. The maximum atomic E-state index is 13.2. The van der Waals surface area contributed by atoms with Gasteiger partial charge in [-0.2, -0.15) is 0 Å². The lowest BCUT2D eigenvalue weighted by molar-refractivity contribution is 0.0522. The number of halogens is 1. The van der Waals surface area contributed by atoms with Crippen molar-refractivity contribution in [3.8, 4) is 17.2 Å². The number of sulfonamides is 1. The van der Waals surface area contributed by atoms with Crippen molar-refractivity contribution in [3.05, 3.63) is 41.0 Å². The van der Waals surface area contributed by atoms with Crippen LogP contribution in [-0.2, 0) is 14.8 Å². The van der Waals surface area contributed by atoms with Crippen LogP contribution >= 0.6 is 11.6 Å². The van der Waals surface area contributed by atoms with E-state index in [1.165, 1.54) is 39.5 Å². The van der Waals surface area contributed by atoms with Gasteiger partial charge < -0.3 is 23.9 Å². The minimum Gasteiger partial charge on any atom is -0.495 e. The summed E-state index contributed by atoms with van der Waals surface area (Å²) in [6.45, 7) is 1.75. The van der Waals surface area contributed by atoms with Gasteiger partial charge in [-0.3, -0.25) is 4.72 Å². The molecule has 3 rings (SSSR count). The second-order valence-electron chi connectivity index (χ2n) is 6.25. The van der Waals surface area contributed by atoms with Crippen LogP contribution in [0.25, 0.3) is 10.9 Å². The first-order valence-electron chi connectivity index (χ1n) is 9.06. The number of hydrogen-bond donors (Lipinski definition) is 2. The number of carbonyl (C=O) groups excluding carboxylic acids is 1. The molecular weight excluding hydrogens is 448 g/mol. The highest BCUT2D eigenvalue weighted by molar-refractivity contribution is 7.92. The van der Waals surface area contributed by atoms with Gasteiger partial charge >= 0.3 is 5.97 Å². The van der Waals surface area contributed by atoms with E-state index in [2.05, 4.69) is 9.71 Å². The lowest BCUT2D eigenvalue weighted by Crippen LogP contribution is -2.17. The van der Waals surface area contributed by atoms with Crippen molar-refractivity contribution < 1.29 is 32.2 Å². The lowest BCUT2D eigenvalue weighted by atomic mass is 10.2. The van der Waals surface area contributed by atoms with Gasteiger partial charge in [0.05, 0.1) is 39.1 Å². The molecule has 0 saturated heterocycles. The standard InChI is InChI=1S/C20H21ClN2O7S/c1-5-30-20(24)19-18(12-9-15(28-3)16(29-4)10-13(12)22-19)23-31(25,26)17-8-11(21)6-7-14(17)27-2/h6-10,22-23H,5H2,1-4H3. The van der Waals surface area contributed by atoms with E-state index in [1.54, 1.807) is 19.1 Å². The molecule has 0 unspecified atom stereocenters. The van der Waals surface area contributed by atoms with Crippen molar-refractivity contribution in [1.29, 1.82) is 0 Å². The van der Waals surface area contributed by atoms with Gasteiger partial charge in [-0.1, -0.05) is 11.6 Å². The summed E-state index contributed by atoms with van der Waals surface area (Å²) in [6.07, 6.45) is 0. The highest BCUT2D eigenvalue weighted by Crippen LogP contribution is 2.39. The Morgan fingerprint density at radius 1 is 1.03 bits per heavy atom. The largest absolute Gasteiger partial charge is 0.495 e. The van der Waals surface area contributed by atoms with Crippen LogP contribution in [0.15, 0.2) is 35.2 Å². The molecule has 0 aliphatic heterocycles. The number of anilines is 1. The zero-order valence-corrected chi connectivity index (χ0v) is 18.8. The van der Waals surface area contributed by atoms with E-state index in [4.69, 9.17) is 30.5 Å². The minimum absolute atomic E-state index is 0.00330. The quantitative estimate of drug-likeness (QED) is 0.482. The average Bonchev–Trinajstić information content (AvgIpc) is 3.09. The topological polar surface area (TPSA) is 116 Å². The third kappa shape index (κ3) is 4.35. The number of aromatic nitrogens is 1. The normalized spacial score (nSPS) is 11.3. The number of carbonyl (C=O) groups is 1. The molecule has 1 aromatic heterocycles.